The van der Waals surface area contributed by atoms with Crippen LogP contribution in [-0.4, -0.2) is 66.3 Å². The summed E-state index contributed by atoms with van der Waals surface area (Å²) in [5.74, 6) is -0.782. The maximum absolute atomic E-state index is 12.5. The third kappa shape index (κ3) is 2.53. The third-order valence-corrected chi connectivity index (χ3v) is 5.66. The molecule has 1 aromatic rings. The number of para-hydroxylation sites is 1. The Hall–Kier alpha value is -1.98. The van der Waals surface area contributed by atoms with E-state index >= 15 is 0 Å². The zero-order valence-electron chi connectivity index (χ0n) is 15.2. The quantitative estimate of drug-likeness (QED) is 0.791. The zero-order chi connectivity index (χ0) is 17.8. The van der Waals surface area contributed by atoms with E-state index < -0.39 is 11.4 Å². The monoisotopic (exact) mass is 339 g/mol. The Morgan fingerprint density at radius 1 is 1.00 bits per heavy atom. The first-order valence-electron chi connectivity index (χ1n) is 9.11. The molecule has 3 heterocycles. The van der Waals surface area contributed by atoms with Crippen LogP contribution < -0.4 is 4.90 Å². The molecule has 5 heteroatoms. The summed E-state index contributed by atoms with van der Waals surface area (Å²) in [5, 5.41) is 0. The third-order valence-electron chi connectivity index (χ3n) is 5.66. The smallest absolute Gasteiger partial charge is 0.300 e. The number of rotatable bonds is 3. The van der Waals surface area contributed by atoms with E-state index in [0.717, 1.165) is 50.5 Å². The summed E-state index contributed by atoms with van der Waals surface area (Å²) in [6, 6.07) is 5.71. The highest BCUT2D eigenvalue weighted by Crippen LogP contribution is 2.45. The van der Waals surface area contributed by atoms with Crippen LogP contribution in [0, 0.1) is 0 Å². The SMILES string of the molecule is CCN1CCN(CC2=CC(C)(C)N3C(=O)C(=O)c4cccc2c43)CC1. The van der Waals surface area contributed by atoms with Crippen LogP contribution in [0.25, 0.3) is 5.57 Å². The maximum atomic E-state index is 12.5. The topological polar surface area (TPSA) is 43.9 Å². The molecule has 1 amide bonds. The van der Waals surface area contributed by atoms with Gasteiger partial charge in [-0.2, -0.15) is 0 Å². The fraction of sp³-hybridized carbons (Fsp3) is 0.500. The van der Waals surface area contributed by atoms with Crippen LogP contribution >= 0.6 is 0 Å². The molecule has 0 unspecified atom stereocenters. The van der Waals surface area contributed by atoms with Gasteiger partial charge in [-0.1, -0.05) is 25.1 Å². The number of Topliss-reactive ketones (excluding diaryl/α,β-unsaturated/α-hetero) is 1. The van der Waals surface area contributed by atoms with Gasteiger partial charge in [0.15, 0.2) is 0 Å². The van der Waals surface area contributed by atoms with Crippen molar-refractivity contribution < 1.29 is 9.59 Å². The highest BCUT2D eigenvalue weighted by atomic mass is 16.2. The highest BCUT2D eigenvalue weighted by Gasteiger charge is 2.46. The summed E-state index contributed by atoms with van der Waals surface area (Å²) in [7, 11) is 0. The predicted octanol–water partition coefficient (Wildman–Crippen LogP) is 2.03. The number of likely N-dealkylation sites (N-methyl/N-ethyl adjacent to an activating group) is 1. The summed E-state index contributed by atoms with van der Waals surface area (Å²) >= 11 is 0. The van der Waals surface area contributed by atoms with E-state index in [0.29, 0.717) is 5.56 Å². The second-order valence-electron chi connectivity index (χ2n) is 7.71. The molecule has 0 atom stereocenters. The van der Waals surface area contributed by atoms with E-state index in [1.54, 1.807) is 11.0 Å². The largest absolute Gasteiger partial charge is 0.301 e. The van der Waals surface area contributed by atoms with E-state index in [9.17, 15) is 9.59 Å². The van der Waals surface area contributed by atoms with Crippen LogP contribution in [0.5, 0.6) is 0 Å². The molecule has 0 radical (unpaired) electrons. The molecule has 1 saturated heterocycles. The summed E-state index contributed by atoms with van der Waals surface area (Å²) in [6.45, 7) is 12.5. The number of piperazine rings is 1. The second-order valence-corrected chi connectivity index (χ2v) is 7.71. The van der Waals surface area contributed by atoms with Gasteiger partial charge in [0.1, 0.15) is 0 Å². The molecule has 5 nitrogen and oxygen atoms in total. The Labute approximate surface area is 148 Å². The van der Waals surface area contributed by atoms with E-state index in [1.807, 2.05) is 26.0 Å². The average Bonchev–Trinajstić information content (AvgIpc) is 2.86. The minimum Gasteiger partial charge on any atom is -0.301 e. The lowest BCUT2D eigenvalue weighted by molar-refractivity contribution is -0.115. The summed E-state index contributed by atoms with van der Waals surface area (Å²) in [6.07, 6.45) is 2.17. The number of amides is 1. The van der Waals surface area contributed by atoms with Crippen molar-refractivity contribution in [2.45, 2.75) is 26.3 Å². The number of ketones is 1. The number of hydrogen-bond donors (Lipinski definition) is 0. The molecule has 1 fully saturated rings. The molecule has 0 aromatic heterocycles. The predicted molar refractivity (Wildman–Crippen MR) is 98.9 cm³/mol. The van der Waals surface area contributed by atoms with Gasteiger partial charge in [-0.25, -0.2) is 0 Å². The van der Waals surface area contributed by atoms with Gasteiger partial charge in [0.2, 0.25) is 0 Å². The molecule has 132 valence electrons. The first-order chi connectivity index (χ1) is 11.9. The molecule has 0 spiro atoms. The summed E-state index contributed by atoms with van der Waals surface area (Å²) in [4.78, 5) is 31.5. The summed E-state index contributed by atoms with van der Waals surface area (Å²) < 4.78 is 0. The van der Waals surface area contributed by atoms with Gasteiger partial charge in [0, 0.05) is 38.3 Å². The van der Waals surface area contributed by atoms with E-state index in [2.05, 4.69) is 22.8 Å². The van der Waals surface area contributed by atoms with Crippen molar-refractivity contribution in [1.82, 2.24) is 9.80 Å². The number of hydrogen-bond acceptors (Lipinski definition) is 4. The standard InChI is InChI=1S/C20H25N3O2/c1-4-21-8-10-22(11-9-21)13-14-12-20(2,3)23-17-15(14)6-5-7-16(17)18(24)19(23)25/h5-7,12H,4,8-11,13H2,1-3H3. The highest BCUT2D eigenvalue weighted by molar-refractivity contribution is 6.53. The lowest BCUT2D eigenvalue weighted by atomic mass is 9.88. The number of anilines is 1. The fourth-order valence-electron chi connectivity index (χ4n) is 4.30. The molecule has 1 aromatic carbocycles. The molecule has 3 aliphatic rings. The van der Waals surface area contributed by atoms with Gasteiger partial charge in [0.05, 0.1) is 16.8 Å². The van der Waals surface area contributed by atoms with Crippen molar-refractivity contribution >= 4 is 23.0 Å². The van der Waals surface area contributed by atoms with Crippen molar-refractivity contribution in [1.29, 1.82) is 0 Å². The zero-order valence-corrected chi connectivity index (χ0v) is 15.2. The Morgan fingerprint density at radius 3 is 2.32 bits per heavy atom. The molecule has 25 heavy (non-hydrogen) atoms. The minimum absolute atomic E-state index is 0.379. The fourth-order valence-corrected chi connectivity index (χ4v) is 4.30. The molecular weight excluding hydrogens is 314 g/mol. The first kappa shape index (κ1) is 16.5. The molecule has 0 aliphatic carbocycles. The van der Waals surface area contributed by atoms with Gasteiger partial charge < -0.3 is 4.90 Å². The lowest BCUT2D eigenvalue weighted by Crippen LogP contribution is -2.49. The van der Waals surface area contributed by atoms with Crippen LogP contribution in [0.1, 0.15) is 36.7 Å². The number of carbonyl (C=O) groups excluding carboxylic acids is 2. The molecule has 4 rings (SSSR count). The molecular formula is C20H25N3O2. The average molecular weight is 339 g/mol. The maximum Gasteiger partial charge on any atom is 0.300 e. The van der Waals surface area contributed by atoms with Gasteiger partial charge in [-0.3, -0.25) is 19.4 Å². The van der Waals surface area contributed by atoms with Gasteiger partial charge >= 0.3 is 0 Å². The minimum atomic E-state index is -0.479. The van der Waals surface area contributed by atoms with E-state index in [-0.39, 0.29) is 5.78 Å². The molecule has 0 bridgehead atoms. The van der Waals surface area contributed by atoms with Crippen molar-refractivity contribution in [2.24, 2.45) is 0 Å². The molecule has 0 N–H and O–H groups in total. The number of benzene rings is 1. The van der Waals surface area contributed by atoms with Crippen molar-refractivity contribution in [3.05, 3.63) is 35.4 Å². The van der Waals surface area contributed by atoms with Crippen LogP contribution in [0.15, 0.2) is 24.3 Å². The Balaban J connectivity index is 1.68. The molecule has 3 aliphatic heterocycles. The first-order valence-corrected chi connectivity index (χ1v) is 9.11. The van der Waals surface area contributed by atoms with Crippen molar-refractivity contribution in [3.8, 4) is 0 Å². The Morgan fingerprint density at radius 2 is 1.64 bits per heavy atom. The van der Waals surface area contributed by atoms with Crippen LogP contribution in [-0.2, 0) is 4.79 Å². The number of carbonyl (C=O) groups is 2. The van der Waals surface area contributed by atoms with E-state index in [1.165, 1.54) is 5.57 Å². The van der Waals surface area contributed by atoms with Gasteiger partial charge in [0.25, 0.3) is 11.7 Å². The lowest BCUT2D eigenvalue weighted by Gasteiger charge is -2.40. The van der Waals surface area contributed by atoms with Crippen molar-refractivity contribution in [2.75, 3.05) is 44.2 Å². The van der Waals surface area contributed by atoms with Crippen LogP contribution in [0.4, 0.5) is 5.69 Å². The second kappa shape index (κ2) is 5.78. The van der Waals surface area contributed by atoms with Crippen LogP contribution in [0.2, 0.25) is 0 Å². The van der Waals surface area contributed by atoms with Crippen LogP contribution in [0.3, 0.4) is 0 Å². The van der Waals surface area contributed by atoms with Gasteiger partial charge in [-0.05, 0) is 32.0 Å². The van der Waals surface area contributed by atoms with Gasteiger partial charge in [-0.15, -0.1) is 0 Å². The Kier molecular flexibility index (Phi) is 3.81. The normalized spacial score (nSPS) is 23.0. The summed E-state index contributed by atoms with van der Waals surface area (Å²) in [5.41, 5.74) is 3.15. The number of nitrogens with zero attached hydrogens (tertiary/aromatic N) is 3. The Bertz CT molecular complexity index is 773. The van der Waals surface area contributed by atoms with E-state index in [4.69, 9.17) is 0 Å². The molecule has 0 saturated carbocycles. The van der Waals surface area contributed by atoms with Crippen molar-refractivity contribution in [3.63, 3.8) is 0 Å².